The SMILES string of the molecule is CNC(=O)c1cccc(C[C@H](N)C(=O)O)c1. The van der Waals surface area contributed by atoms with Crippen molar-refractivity contribution in [2.75, 3.05) is 7.05 Å². The third kappa shape index (κ3) is 3.06. The molecule has 0 bridgehead atoms. The average Bonchev–Trinajstić information content (AvgIpc) is 2.28. The van der Waals surface area contributed by atoms with Crippen LogP contribution in [0.3, 0.4) is 0 Å². The third-order valence-corrected chi connectivity index (χ3v) is 2.19. The van der Waals surface area contributed by atoms with Gasteiger partial charge in [-0.1, -0.05) is 12.1 Å². The number of carbonyl (C=O) groups is 2. The van der Waals surface area contributed by atoms with Crippen molar-refractivity contribution < 1.29 is 14.7 Å². The molecule has 0 saturated carbocycles. The monoisotopic (exact) mass is 222 g/mol. The van der Waals surface area contributed by atoms with Crippen LogP contribution in [0.25, 0.3) is 0 Å². The van der Waals surface area contributed by atoms with Gasteiger partial charge < -0.3 is 16.2 Å². The van der Waals surface area contributed by atoms with Gasteiger partial charge in [0.2, 0.25) is 0 Å². The number of hydrogen-bond donors (Lipinski definition) is 3. The molecule has 0 heterocycles. The van der Waals surface area contributed by atoms with Crippen LogP contribution in [-0.4, -0.2) is 30.1 Å². The summed E-state index contributed by atoms with van der Waals surface area (Å²) in [6, 6.07) is 5.81. The van der Waals surface area contributed by atoms with Crippen molar-refractivity contribution in [3.63, 3.8) is 0 Å². The highest BCUT2D eigenvalue weighted by molar-refractivity contribution is 5.94. The molecule has 16 heavy (non-hydrogen) atoms. The minimum atomic E-state index is -1.05. The average molecular weight is 222 g/mol. The second-order valence-corrected chi connectivity index (χ2v) is 3.43. The fourth-order valence-electron chi connectivity index (χ4n) is 1.33. The van der Waals surface area contributed by atoms with Gasteiger partial charge in [0.25, 0.3) is 5.91 Å². The zero-order valence-corrected chi connectivity index (χ0v) is 8.93. The number of aliphatic carboxylic acids is 1. The Balaban J connectivity index is 2.82. The maximum atomic E-state index is 11.3. The van der Waals surface area contributed by atoms with Crippen LogP contribution in [-0.2, 0) is 11.2 Å². The van der Waals surface area contributed by atoms with Gasteiger partial charge in [-0.25, -0.2) is 0 Å². The molecule has 0 radical (unpaired) electrons. The van der Waals surface area contributed by atoms with Gasteiger partial charge in [0, 0.05) is 12.6 Å². The van der Waals surface area contributed by atoms with E-state index in [0.717, 1.165) is 5.56 Å². The van der Waals surface area contributed by atoms with Crippen LogP contribution in [0.1, 0.15) is 15.9 Å². The first kappa shape index (κ1) is 12.2. The van der Waals surface area contributed by atoms with Crippen LogP contribution >= 0.6 is 0 Å². The minimum Gasteiger partial charge on any atom is -0.480 e. The summed E-state index contributed by atoms with van der Waals surface area (Å²) in [6.07, 6.45) is 0.208. The lowest BCUT2D eigenvalue weighted by atomic mass is 10.0. The van der Waals surface area contributed by atoms with Crippen LogP contribution in [0.2, 0.25) is 0 Å². The molecule has 0 spiro atoms. The first-order valence-corrected chi connectivity index (χ1v) is 4.84. The smallest absolute Gasteiger partial charge is 0.320 e. The summed E-state index contributed by atoms with van der Waals surface area (Å²) in [7, 11) is 1.54. The van der Waals surface area contributed by atoms with Gasteiger partial charge in [0.1, 0.15) is 6.04 Å². The van der Waals surface area contributed by atoms with Crippen LogP contribution in [0.15, 0.2) is 24.3 Å². The lowest BCUT2D eigenvalue weighted by Crippen LogP contribution is -2.32. The van der Waals surface area contributed by atoms with E-state index < -0.39 is 12.0 Å². The number of amides is 1. The first-order valence-electron chi connectivity index (χ1n) is 4.84. The molecule has 4 N–H and O–H groups in total. The van der Waals surface area contributed by atoms with Crippen LogP contribution in [0, 0.1) is 0 Å². The van der Waals surface area contributed by atoms with Crippen LogP contribution in [0.4, 0.5) is 0 Å². The van der Waals surface area contributed by atoms with Gasteiger partial charge in [0.15, 0.2) is 0 Å². The molecular formula is C11H14N2O3. The number of rotatable bonds is 4. The van der Waals surface area contributed by atoms with Crippen molar-refractivity contribution in [2.24, 2.45) is 5.73 Å². The van der Waals surface area contributed by atoms with Crippen LogP contribution in [0.5, 0.6) is 0 Å². The Morgan fingerprint density at radius 3 is 2.75 bits per heavy atom. The number of benzene rings is 1. The molecule has 0 unspecified atom stereocenters. The van der Waals surface area contributed by atoms with E-state index >= 15 is 0 Å². The Morgan fingerprint density at radius 2 is 2.19 bits per heavy atom. The van der Waals surface area contributed by atoms with Crippen molar-refractivity contribution >= 4 is 11.9 Å². The van der Waals surface area contributed by atoms with E-state index in [-0.39, 0.29) is 12.3 Å². The van der Waals surface area contributed by atoms with Gasteiger partial charge >= 0.3 is 5.97 Å². The molecule has 1 atom stereocenters. The Labute approximate surface area is 93.3 Å². The van der Waals surface area contributed by atoms with E-state index in [0.29, 0.717) is 5.56 Å². The van der Waals surface area contributed by atoms with E-state index in [1.54, 1.807) is 24.3 Å². The molecule has 0 fully saturated rings. The largest absolute Gasteiger partial charge is 0.480 e. The lowest BCUT2D eigenvalue weighted by molar-refractivity contribution is -0.138. The highest BCUT2D eigenvalue weighted by Gasteiger charge is 2.12. The Kier molecular flexibility index (Phi) is 4.02. The summed E-state index contributed by atoms with van der Waals surface area (Å²) in [4.78, 5) is 21.9. The molecule has 0 aliphatic rings. The predicted molar refractivity (Wildman–Crippen MR) is 59.1 cm³/mol. The van der Waals surface area contributed by atoms with Gasteiger partial charge in [-0.15, -0.1) is 0 Å². The van der Waals surface area contributed by atoms with Crippen molar-refractivity contribution in [2.45, 2.75) is 12.5 Å². The number of carboxylic acids is 1. The highest BCUT2D eigenvalue weighted by Crippen LogP contribution is 2.07. The third-order valence-electron chi connectivity index (χ3n) is 2.19. The predicted octanol–water partition coefficient (Wildman–Crippen LogP) is 0.000600. The maximum absolute atomic E-state index is 11.3. The molecule has 1 rings (SSSR count). The number of carboxylic acid groups (broad SMARTS) is 1. The summed E-state index contributed by atoms with van der Waals surface area (Å²) >= 11 is 0. The molecule has 1 amide bonds. The van der Waals surface area contributed by atoms with E-state index in [1.807, 2.05) is 0 Å². The number of carbonyl (C=O) groups excluding carboxylic acids is 1. The van der Waals surface area contributed by atoms with Crippen LogP contribution < -0.4 is 11.1 Å². The molecule has 1 aromatic carbocycles. The molecule has 5 nitrogen and oxygen atoms in total. The highest BCUT2D eigenvalue weighted by atomic mass is 16.4. The normalized spacial score (nSPS) is 11.9. The molecule has 5 heteroatoms. The standard InChI is InChI=1S/C11H14N2O3/c1-13-10(14)8-4-2-3-7(5-8)6-9(12)11(15)16/h2-5,9H,6,12H2,1H3,(H,13,14)(H,15,16)/t9-/m0/s1. The Morgan fingerprint density at radius 1 is 1.50 bits per heavy atom. The first-order chi connectivity index (χ1) is 7.54. The molecule has 0 aliphatic heterocycles. The van der Waals surface area contributed by atoms with Crippen molar-refractivity contribution in [3.05, 3.63) is 35.4 Å². The number of nitrogens with one attached hydrogen (secondary N) is 1. The molecule has 1 aromatic rings. The van der Waals surface area contributed by atoms with Gasteiger partial charge in [-0.3, -0.25) is 9.59 Å². The second kappa shape index (κ2) is 5.27. The molecule has 0 aromatic heterocycles. The quantitative estimate of drug-likeness (QED) is 0.668. The summed E-state index contributed by atoms with van der Waals surface area (Å²) in [5.74, 6) is -1.25. The van der Waals surface area contributed by atoms with Gasteiger partial charge in [0.05, 0.1) is 0 Å². The zero-order valence-electron chi connectivity index (χ0n) is 8.93. The topological polar surface area (TPSA) is 92.4 Å². The van der Waals surface area contributed by atoms with E-state index in [1.165, 1.54) is 7.05 Å². The molecule has 0 aliphatic carbocycles. The molecule has 0 saturated heterocycles. The number of nitrogens with two attached hydrogens (primary N) is 1. The zero-order chi connectivity index (χ0) is 12.1. The summed E-state index contributed by atoms with van der Waals surface area (Å²) in [5, 5.41) is 11.2. The van der Waals surface area contributed by atoms with Crippen molar-refractivity contribution in [1.29, 1.82) is 0 Å². The summed E-state index contributed by atoms with van der Waals surface area (Å²) < 4.78 is 0. The van der Waals surface area contributed by atoms with E-state index in [9.17, 15) is 9.59 Å². The fraction of sp³-hybridized carbons (Fsp3) is 0.273. The Hall–Kier alpha value is -1.88. The molecule has 86 valence electrons. The van der Waals surface area contributed by atoms with Crippen molar-refractivity contribution in [3.8, 4) is 0 Å². The van der Waals surface area contributed by atoms with Gasteiger partial charge in [-0.2, -0.15) is 0 Å². The molecular weight excluding hydrogens is 208 g/mol. The minimum absolute atomic E-state index is 0.203. The van der Waals surface area contributed by atoms with Gasteiger partial charge in [-0.05, 0) is 24.1 Å². The summed E-state index contributed by atoms with van der Waals surface area (Å²) in [6.45, 7) is 0. The van der Waals surface area contributed by atoms with Crippen molar-refractivity contribution in [1.82, 2.24) is 5.32 Å². The van der Waals surface area contributed by atoms with E-state index in [2.05, 4.69) is 5.32 Å². The summed E-state index contributed by atoms with van der Waals surface area (Å²) in [5.41, 5.74) is 6.64. The maximum Gasteiger partial charge on any atom is 0.320 e. The Bertz CT molecular complexity index is 404. The number of hydrogen-bond acceptors (Lipinski definition) is 3. The lowest BCUT2D eigenvalue weighted by Gasteiger charge is -2.07. The van der Waals surface area contributed by atoms with E-state index in [4.69, 9.17) is 10.8 Å². The second-order valence-electron chi connectivity index (χ2n) is 3.43. The fourth-order valence-corrected chi connectivity index (χ4v) is 1.33.